The Morgan fingerprint density at radius 1 is 1.33 bits per heavy atom. The van der Waals surface area contributed by atoms with Gasteiger partial charge in [0.05, 0.1) is 19.3 Å². The van der Waals surface area contributed by atoms with E-state index in [0.29, 0.717) is 32.7 Å². The number of para-hydroxylation sites is 1. The van der Waals surface area contributed by atoms with Crippen LogP contribution in [0.15, 0.2) is 30.5 Å². The third-order valence-corrected chi connectivity index (χ3v) is 3.07. The molecule has 1 aromatic carbocycles. The molecule has 6 heteroatoms. The summed E-state index contributed by atoms with van der Waals surface area (Å²) in [5, 5.41) is 20.3. The van der Waals surface area contributed by atoms with Gasteiger partial charge in [-0.3, -0.25) is 4.68 Å². The van der Waals surface area contributed by atoms with E-state index in [9.17, 15) is 0 Å². The van der Waals surface area contributed by atoms with E-state index in [1.54, 1.807) is 4.68 Å². The summed E-state index contributed by atoms with van der Waals surface area (Å²) in [6.45, 7) is 4.75. The number of aryl methyl sites for hydroxylation is 1. The topological polar surface area (TPSA) is 72.2 Å². The van der Waals surface area contributed by atoms with Crippen LogP contribution in [-0.4, -0.2) is 33.3 Å². The van der Waals surface area contributed by atoms with Crippen molar-refractivity contribution < 1.29 is 9.84 Å². The molecule has 2 N–H and O–H groups in total. The van der Waals surface area contributed by atoms with Crippen LogP contribution >= 0.6 is 0 Å². The highest BCUT2D eigenvalue weighted by atomic mass is 16.5. The second-order valence-electron chi connectivity index (χ2n) is 4.70. The second kappa shape index (κ2) is 8.39. The van der Waals surface area contributed by atoms with Crippen LogP contribution in [0.25, 0.3) is 0 Å². The van der Waals surface area contributed by atoms with Gasteiger partial charge in [0, 0.05) is 31.0 Å². The molecule has 0 bridgehead atoms. The van der Waals surface area contributed by atoms with Gasteiger partial charge in [0.15, 0.2) is 0 Å². The summed E-state index contributed by atoms with van der Waals surface area (Å²) in [6.07, 6.45) is 2.58. The maximum Gasteiger partial charge on any atom is 0.102 e. The fraction of sp³-hybridized carbons (Fsp3) is 0.467. The molecule has 0 unspecified atom stereocenters. The number of ether oxygens (including phenoxy) is 1. The molecule has 0 spiro atoms. The molecule has 0 fully saturated rings. The Labute approximate surface area is 124 Å². The predicted octanol–water partition coefficient (Wildman–Crippen LogP) is 1.81. The monoisotopic (exact) mass is 290 g/mol. The molecule has 2 rings (SSSR count). The van der Waals surface area contributed by atoms with Gasteiger partial charge in [-0.15, -0.1) is 5.10 Å². The van der Waals surface area contributed by atoms with Gasteiger partial charge in [0.2, 0.25) is 0 Å². The van der Waals surface area contributed by atoms with Crippen molar-refractivity contribution in [2.24, 2.45) is 0 Å². The van der Waals surface area contributed by atoms with Crippen molar-refractivity contribution in [3.63, 3.8) is 0 Å². The largest absolute Gasteiger partial charge is 0.396 e. The molecule has 0 radical (unpaired) electrons. The van der Waals surface area contributed by atoms with Crippen molar-refractivity contribution in [3.8, 4) is 0 Å². The summed E-state index contributed by atoms with van der Waals surface area (Å²) in [7, 11) is 0. The minimum absolute atomic E-state index is 0.165. The Balaban J connectivity index is 1.91. The van der Waals surface area contributed by atoms with Crippen molar-refractivity contribution in [3.05, 3.63) is 41.7 Å². The molecule has 0 amide bonds. The molecule has 0 aliphatic heterocycles. The Bertz CT molecular complexity index is 542. The lowest BCUT2D eigenvalue weighted by Gasteiger charge is -2.10. The number of hydrogen-bond donors (Lipinski definition) is 2. The van der Waals surface area contributed by atoms with Gasteiger partial charge in [-0.1, -0.05) is 23.4 Å². The smallest absolute Gasteiger partial charge is 0.102 e. The molecule has 1 heterocycles. The van der Waals surface area contributed by atoms with Crippen LogP contribution in [0.2, 0.25) is 0 Å². The van der Waals surface area contributed by atoms with E-state index in [-0.39, 0.29) is 6.61 Å². The Kier molecular flexibility index (Phi) is 6.18. The standard InChI is InChI=1S/C15H22N4O2/c1-2-21-12-13-6-3-4-7-15(13)16-10-14-11-19(18-17-14)8-5-9-20/h3-4,6-7,11,16,20H,2,5,8-10,12H2,1H3. The lowest BCUT2D eigenvalue weighted by molar-refractivity contribution is 0.134. The quantitative estimate of drug-likeness (QED) is 0.737. The van der Waals surface area contributed by atoms with Crippen LogP contribution in [0.4, 0.5) is 5.69 Å². The fourth-order valence-electron chi connectivity index (χ4n) is 1.98. The molecule has 2 aromatic rings. The Morgan fingerprint density at radius 3 is 3.00 bits per heavy atom. The summed E-state index contributed by atoms with van der Waals surface area (Å²) in [5.74, 6) is 0. The molecule has 0 aliphatic carbocycles. The zero-order valence-corrected chi connectivity index (χ0v) is 12.3. The summed E-state index contributed by atoms with van der Waals surface area (Å²) in [5.41, 5.74) is 3.06. The molecule has 114 valence electrons. The third kappa shape index (κ3) is 4.84. The zero-order valence-electron chi connectivity index (χ0n) is 12.3. The average molecular weight is 290 g/mol. The first-order chi connectivity index (χ1) is 10.3. The molecule has 6 nitrogen and oxygen atoms in total. The summed E-state index contributed by atoms with van der Waals surface area (Å²) >= 11 is 0. The highest BCUT2D eigenvalue weighted by Crippen LogP contribution is 2.16. The van der Waals surface area contributed by atoms with E-state index in [1.807, 2.05) is 31.3 Å². The van der Waals surface area contributed by atoms with Crippen LogP contribution in [0.1, 0.15) is 24.6 Å². The van der Waals surface area contributed by atoms with Crippen molar-refractivity contribution in [1.29, 1.82) is 0 Å². The van der Waals surface area contributed by atoms with Crippen LogP contribution in [-0.2, 0) is 24.4 Å². The van der Waals surface area contributed by atoms with Crippen LogP contribution in [0, 0.1) is 0 Å². The molecular weight excluding hydrogens is 268 g/mol. The number of aliphatic hydroxyl groups excluding tert-OH is 1. The van der Waals surface area contributed by atoms with Gasteiger partial charge in [0.25, 0.3) is 0 Å². The van der Waals surface area contributed by atoms with Gasteiger partial charge in [0.1, 0.15) is 5.69 Å². The molecule has 21 heavy (non-hydrogen) atoms. The molecule has 1 aromatic heterocycles. The first kappa shape index (κ1) is 15.5. The van der Waals surface area contributed by atoms with Gasteiger partial charge < -0.3 is 15.2 Å². The van der Waals surface area contributed by atoms with Crippen molar-refractivity contribution in [1.82, 2.24) is 15.0 Å². The maximum atomic E-state index is 8.80. The highest BCUT2D eigenvalue weighted by molar-refractivity contribution is 5.50. The summed E-state index contributed by atoms with van der Waals surface area (Å²) < 4.78 is 7.21. The second-order valence-corrected chi connectivity index (χ2v) is 4.70. The number of nitrogens with one attached hydrogen (secondary N) is 1. The number of rotatable bonds is 9. The molecule has 0 aliphatic rings. The minimum Gasteiger partial charge on any atom is -0.396 e. The number of nitrogens with zero attached hydrogens (tertiary/aromatic N) is 3. The molecular formula is C15H22N4O2. The van der Waals surface area contributed by atoms with E-state index < -0.39 is 0 Å². The van der Waals surface area contributed by atoms with E-state index in [4.69, 9.17) is 9.84 Å². The average Bonchev–Trinajstić information content (AvgIpc) is 2.97. The number of anilines is 1. The van der Waals surface area contributed by atoms with Gasteiger partial charge >= 0.3 is 0 Å². The Hall–Kier alpha value is -1.92. The van der Waals surface area contributed by atoms with E-state index in [2.05, 4.69) is 21.7 Å². The molecule has 0 saturated heterocycles. The van der Waals surface area contributed by atoms with E-state index >= 15 is 0 Å². The van der Waals surface area contributed by atoms with Crippen molar-refractivity contribution in [2.45, 2.75) is 33.0 Å². The first-order valence-corrected chi connectivity index (χ1v) is 7.23. The van der Waals surface area contributed by atoms with Crippen LogP contribution < -0.4 is 5.32 Å². The minimum atomic E-state index is 0.165. The first-order valence-electron chi connectivity index (χ1n) is 7.23. The highest BCUT2D eigenvalue weighted by Gasteiger charge is 2.04. The van der Waals surface area contributed by atoms with E-state index in [1.165, 1.54) is 0 Å². The normalized spacial score (nSPS) is 10.8. The van der Waals surface area contributed by atoms with Crippen LogP contribution in [0.3, 0.4) is 0 Å². The fourth-order valence-corrected chi connectivity index (χ4v) is 1.98. The lowest BCUT2D eigenvalue weighted by atomic mass is 10.2. The number of benzene rings is 1. The van der Waals surface area contributed by atoms with E-state index in [0.717, 1.165) is 16.9 Å². The van der Waals surface area contributed by atoms with Crippen molar-refractivity contribution >= 4 is 5.69 Å². The summed E-state index contributed by atoms with van der Waals surface area (Å²) in [6, 6.07) is 8.08. The van der Waals surface area contributed by atoms with Gasteiger partial charge in [-0.2, -0.15) is 0 Å². The maximum absolute atomic E-state index is 8.80. The summed E-state index contributed by atoms with van der Waals surface area (Å²) in [4.78, 5) is 0. The number of aromatic nitrogens is 3. The van der Waals surface area contributed by atoms with Gasteiger partial charge in [-0.05, 0) is 19.4 Å². The zero-order chi connectivity index (χ0) is 14.9. The number of hydrogen-bond acceptors (Lipinski definition) is 5. The predicted molar refractivity (Wildman–Crippen MR) is 80.8 cm³/mol. The lowest BCUT2D eigenvalue weighted by Crippen LogP contribution is -2.04. The van der Waals surface area contributed by atoms with Crippen LogP contribution in [0.5, 0.6) is 0 Å². The third-order valence-electron chi connectivity index (χ3n) is 3.07. The Morgan fingerprint density at radius 2 is 2.19 bits per heavy atom. The molecule has 0 atom stereocenters. The van der Waals surface area contributed by atoms with Crippen molar-refractivity contribution in [2.75, 3.05) is 18.5 Å². The van der Waals surface area contributed by atoms with Gasteiger partial charge in [-0.25, -0.2) is 0 Å². The number of aliphatic hydroxyl groups is 1. The molecule has 0 saturated carbocycles. The SMILES string of the molecule is CCOCc1ccccc1NCc1cn(CCCO)nn1.